The summed E-state index contributed by atoms with van der Waals surface area (Å²) in [6.07, 6.45) is 0. The monoisotopic (exact) mass is 242 g/mol. The highest BCUT2D eigenvalue weighted by atomic mass is 16.5. The summed E-state index contributed by atoms with van der Waals surface area (Å²) in [4.78, 5) is 25.1. The second kappa shape index (κ2) is 6.00. The molecule has 0 saturated carbocycles. The molecule has 17 heavy (non-hydrogen) atoms. The van der Waals surface area contributed by atoms with Crippen LogP contribution in [0.5, 0.6) is 0 Å². The van der Waals surface area contributed by atoms with Gasteiger partial charge in [-0.25, -0.2) is 0 Å². The quantitative estimate of drug-likeness (QED) is 0.711. The first-order chi connectivity index (χ1) is 7.97. The normalized spacial score (nSPS) is 25.4. The Kier molecular flexibility index (Phi) is 4.93. The molecule has 0 bridgehead atoms. The van der Waals surface area contributed by atoms with E-state index in [1.54, 1.807) is 18.9 Å². The average molecular weight is 242 g/mol. The number of amides is 1. The Morgan fingerprint density at radius 2 is 2.12 bits per heavy atom. The minimum Gasteiger partial charge on any atom is -0.469 e. The molecule has 1 fully saturated rings. The molecular formula is C12H22N2O3. The first-order valence-electron chi connectivity index (χ1n) is 6.00. The topological polar surface area (TPSA) is 58.6 Å². The lowest BCUT2D eigenvalue weighted by Gasteiger charge is -2.24. The maximum Gasteiger partial charge on any atom is 0.310 e. The van der Waals surface area contributed by atoms with Crippen LogP contribution in [-0.4, -0.2) is 50.6 Å². The van der Waals surface area contributed by atoms with Gasteiger partial charge in [-0.15, -0.1) is 0 Å². The lowest BCUT2D eigenvalue weighted by atomic mass is 9.96. The smallest absolute Gasteiger partial charge is 0.310 e. The zero-order valence-electron chi connectivity index (χ0n) is 11.0. The van der Waals surface area contributed by atoms with Crippen LogP contribution in [0.3, 0.4) is 0 Å². The zero-order valence-corrected chi connectivity index (χ0v) is 11.0. The second-order valence-corrected chi connectivity index (χ2v) is 4.88. The predicted molar refractivity (Wildman–Crippen MR) is 64.3 cm³/mol. The number of carbonyl (C=O) groups excluding carboxylic acids is 2. The average Bonchev–Trinajstić information content (AvgIpc) is 2.73. The fraction of sp³-hybridized carbons (Fsp3) is 0.833. The number of nitrogens with one attached hydrogen (secondary N) is 1. The van der Waals surface area contributed by atoms with Crippen LogP contribution in [0, 0.1) is 17.8 Å². The van der Waals surface area contributed by atoms with Gasteiger partial charge in [-0.05, 0) is 12.5 Å². The van der Waals surface area contributed by atoms with Crippen LogP contribution < -0.4 is 5.32 Å². The van der Waals surface area contributed by atoms with Crippen molar-refractivity contribution in [2.45, 2.75) is 13.8 Å². The van der Waals surface area contributed by atoms with Crippen LogP contribution in [0.4, 0.5) is 0 Å². The fourth-order valence-electron chi connectivity index (χ4n) is 2.20. The Labute approximate surface area is 102 Å². The molecule has 5 nitrogen and oxygen atoms in total. The molecular weight excluding hydrogens is 220 g/mol. The third-order valence-electron chi connectivity index (χ3n) is 3.36. The summed E-state index contributed by atoms with van der Waals surface area (Å²) in [5.74, 6) is -0.0534. The van der Waals surface area contributed by atoms with E-state index in [-0.39, 0.29) is 23.7 Å². The molecule has 1 saturated heterocycles. The molecule has 5 heteroatoms. The number of hydrogen-bond donors (Lipinski definition) is 1. The number of hydrogen-bond acceptors (Lipinski definition) is 4. The second-order valence-electron chi connectivity index (χ2n) is 4.88. The van der Waals surface area contributed by atoms with Crippen LogP contribution in [0.1, 0.15) is 13.8 Å². The molecule has 1 aliphatic rings. The summed E-state index contributed by atoms with van der Waals surface area (Å²) in [7, 11) is 3.11. The van der Waals surface area contributed by atoms with Gasteiger partial charge in [0.25, 0.3) is 0 Å². The minimum atomic E-state index is -0.279. The summed E-state index contributed by atoms with van der Waals surface area (Å²) in [6, 6.07) is 0. The summed E-state index contributed by atoms with van der Waals surface area (Å²) < 4.78 is 4.65. The molecule has 1 rings (SSSR count). The van der Waals surface area contributed by atoms with Gasteiger partial charge in [-0.1, -0.05) is 13.8 Å². The number of methoxy groups -OCH3 is 1. The number of esters is 1. The van der Waals surface area contributed by atoms with Crippen LogP contribution in [0.15, 0.2) is 0 Å². The first-order valence-corrected chi connectivity index (χ1v) is 6.00. The molecule has 0 aromatic carbocycles. The summed E-state index contributed by atoms with van der Waals surface area (Å²) in [5.41, 5.74) is 0. The largest absolute Gasteiger partial charge is 0.469 e. The lowest BCUT2D eigenvalue weighted by molar-refractivity contribution is -0.146. The third kappa shape index (κ3) is 3.43. The Morgan fingerprint density at radius 3 is 2.59 bits per heavy atom. The highest BCUT2D eigenvalue weighted by Gasteiger charge is 2.32. The summed E-state index contributed by atoms with van der Waals surface area (Å²) in [6.45, 7) is 5.87. The summed E-state index contributed by atoms with van der Waals surface area (Å²) in [5, 5.41) is 3.21. The van der Waals surface area contributed by atoms with E-state index >= 15 is 0 Å². The number of nitrogens with zero attached hydrogens (tertiary/aromatic N) is 1. The maximum absolute atomic E-state index is 12.1. The van der Waals surface area contributed by atoms with E-state index in [0.29, 0.717) is 12.5 Å². The molecule has 0 aromatic heterocycles. The molecule has 0 spiro atoms. The SMILES string of the molecule is COC(=O)C(C)CN(C)C(=O)C1CNCC1C. The van der Waals surface area contributed by atoms with E-state index < -0.39 is 0 Å². The maximum atomic E-state index is 12.1. The molecule has 98 valence electrons. The highest BCUT2D eigenvalue weighted by Crippen LogP contribution is 2.18. The van der Waals surface area contributed by atoms with Gasteiger partial charge in [-0.3, -0.25) is 9.59 Å². The van der Waals surface area contributed by atoms with Crippen LogP contribution in [0.25, 0.3) is 0 Å². The standard InChI is InChI=1S/C12H22N2O3/c1-8-5-13-6-10(8)11(15)14(3)7-9(2)12(16)17-4/h8-10,13H,5-7H2,1-4H3. The van der Waals surface area contributed by atoms with E-state index in [1.165, 1.54) is 7.11 Å². The Balaban J connectivity index is 2.49. The van der Waals surface area contributed by atoms with Gasteiger partial charge in [-0.2, -0.15) is 0 Å². The van der Waals surface area contributed by atoms with Crippen molar-refractivity contribution >= 4 is 11.9 Å². The van der Waals surface area contributed by atoms with Gasteiger partial charge in [0.15, 0.2) is 0 Å². The van der Waals surface area contributed by atoms with E-state index in [9.17, 15) is 9.59 Å². The number of ether oxygens (including phenoxy) is 1. The molecule has 0 aromatic rings. The van der Waals surface area contributed by atoms with Crippen molar-refractivity contribution in [3.63, 3.8) is 0 Å². The van der Waals surface area contributed by atoms with Gasteiger partial charge in [0.1, 0.15) is 0 Å². The molecule has 1 heterocycles. The highest BCUT2D eigenvalue weighted by molar-refractivity contribution is 5.80. The van der Waals surface area contributed by atoms with Crippen LogP contribution in [-0.2, 0) is 14.3 Å². The summed E-state index contributed by atoms with van der Waals surface area (Å²) >= 11 is 0. The van der Waals surface area contributed by atoms with Crippen LogP contribution in [0.2, 0.25) is 0 Å². The fourth-order valence-corrected chi connectivity index (χ4v) is 2.20. The first kappa shape index (κ1) is 14.0. The van der Waals surface area contributed by atoms with Gasteiger partial charge in [0, 0.05) is 20.1 Å². The third-order valence-corrected chi connectivity index (χ3v) is 3.36. The molecule has 0 radical (unpaired) electrons. The van der Waals surface area contributed by atoms with E-state index in [1.807, 2.05) is 0 Å². The molecule has 1 N–H and O–H groups in total. The van der Waals surface area contributed by atoms with E-state index in [0.717, 1.165) is 13.1 Å². The molecule has 1 aliphatic heterocycles. The number of rotatable bonds is 4. The molecule has 3 unspecified atom stereocenters. The van der Waals surface area contributed by atoms with Crippen molar-refractivity contribution in [2.75, 3.05) is 33.8 Å². The van der Waals surface area contributed by atoms with Crippen molar-refractivity contribution in [2.24, 2.45) is 17.8 Å². The van der Waals surface area contributed by atoms with Gasteiger partial charge in [0.2, 0.25) is 5.91 Å². The molecule has 1 amide bonds. The lowest BCUT2D eigenvalue weighted by Crippen LogP contribution is -2.40. The Hall–Kier alpha value is -1.10. The Morgan fingerprint density at radius 1 is 1.47 bits per heavy atom. The van der Waals surface area contributed by atoms with Gasteiger partial charge in [0.05, 0.1) is 18.9 Å². The molecule has 0 aliphatic carbocycles. The van der Waals surface area contributed by atoms with Crippen LogP contribution >= 0.6 is 0 Å². The Bertz CT molecular complexity index is 293. The molecule has 3 atom stereocenters. The van der Waals surface area contributed by atoms with Crippen molar-refractivity contribution in [1.29, 1.82) is 0 Å². The van der Waals surface area contributed by atoms with Crippen molar-refractivity contribution in [3.05, 3.63) is 0 Å². The van der Waals surface area contributed by atoms with Gasteiger partial charge >= 0.3 is 5.97 Å². The van der Waals surface area contributed by atoms with Crippen molar-refractivity contribution in [1.82, 2.24) is 10.2 Å². The van der Waals surface area contributed by atoms with E-state index in [2.05, 4.69) is 17.0 Å². The van der Waals surface area contributed by atoms with Crippen molar-refractivity contribution < 1.29 is 14.3 Å². The minimum absolute atomic E-state index is 0.0323. The zero-order chi connectivity index (χ0) is 13.0. The number of carbonyl (C=O) groups is 2. The van der Waals surface area contributed by atoms with Crippen molar-refractivity contribution in [3.8, 4) is 0 Å². The predicted octanol–water partition coefficient (Wildman–Crippen LogP) is 0.109. The van der Waals surface area contributed by atoms with Gasteiger partial charge < -0.3 is 15.0 Å². The van der Waals surface area contributed by atoms with E-state index in [4.69, 9.17) is 0 Å².